The van der Waals surface area contributed by atoms with E-state index in [1.165, 1.54) is 24.8 Å². The number of ether oxygens (including phenoxy) is 1. The van der Waals surface area contributed by atoms with E-state index in [1.54, 1.807) is 0 Å². The summed E-state index contributed by atoms with van der Waals surface area (Å²) in [6.45, 7) is 0.759. The molecule has 0 N–H and O–H groups in total. The normalized spacial score (nSPS) is 32.3. The van der Waals surface area contributed by atoms with Crippen LogP contribution in [0.15, 0.2) is 18.2 Å². The molecule has 2 nitrogen and oxygen atoms in total. The third-order valence-electron chi connectivity index (χ3n) is 4.91. The first-order valence-electron chi connectivity index (χ1n) is 7.15. The van der Waals surface area contributed by atoms with Gasteiger partial charge in [-0.3, -0.25) is 4.79 Å². The summed E-state index contributed by atoms with van der Waals surface area (Å²) >= 11 is 0. The highest BCUT2D eigenvalue weighted by atomic mass is 16.5. The minimum Gasteiger partial charge on any atom is -0.493 e. The van der Waals surface area contributed by atoms with Gasteiger partial charge in [-0.05, 0) is 49.1 Å². The molecular formula is C16H18O2. The van der Waals surface area contributed by atoms with E-state index in [0.717, 1.165) is 30.8 Å². The van der Waals surface area contributed by atoms with Crippen molar-refractivity contribution in [3.05, 3.63) is 29.3 Å². The molecule has 2 atom stereocenters. The van der Waals surface area contributed by atoms with Gasteiger partial charge in [0.1, 0.15) is 5.75 Å². The molecule has 18 heavy (non-hydrogen) atoms. The number of benzene rings is 1. The van der Waals surface area contributed by atoms with Gasteiger partial charge in [-0.15, -0.1) is 0 Å². The summed E-state index contributed by atoms with van der Waals surface area (Å²) in [5.74, 6) is 2.94. The van der Waals surface area contributed by atoms with Crippen molar-refractivity contribution < 1.29 is 9.53 Å². The molecule has 0 saturated heterocycles. The third-order valence-corrected chi connectivity index (χ3v) is 4.91. The van der Waals surface area contributed by atoms with Crippen LogP contribution in [0.5, 0.6) is 5.75 Å². The topological polar surface area (TPSA) is 26.3 Å². The summed E-state index contributed by atoms with van der Waals surface area (Å²) in [6.07, 6.45) is 5.96. The Kier molecular flexibility index (Phi) is 2.26. The van der Waals surface area contributed by atoms with Crippen LogP contribution >= 0.6 is 0 Å². The van der Waals surface area contributed by atoms with E-state index < -0.39 is 0 Å². The Hall–Kier alpha value is -1.31. The van der Waals surface area contributed by atoms with E-state index in [0.29, 0.717) is 23.5 Å². The zero-order valence-electron chi connectivity index (χ0n) is 10.5. The average Bonchev–Trinajstić information content (AvgIpc) is 2.90. The molecule has 2 aliphatic carbocycles. The van der Waals surface area contributed by atoms with Crippen LogP contribution in [0.1, 0.15) is 41.6 Å². The number of hydrogen-bond donors (Lipinski definition) is 0. The fourth-order valence-corrected chi connectivity index (χ4v) is 3.97. The van der Waals surface area contributed by atoms with Crippen LogP contribution in [0.4, 0.5) is 0 Å². The van der Waals surface area contributed by atoms with Gasteiger partial charge in [0.2, 0.25) is 0 Å². The van der Waals surface area contributed by atoms with Gasteiger partial charge in [-0.2, -0.15) is 0 Å². The highest BCUT2D eigenvalue weighted by molar-refractivity contribution is 6.02. The summed E-state index contributed by atoms with van der Waals surface area (Å²) in [7, 11) is 0. The van der Waals surface area contributed by atoms with Crippen molar-refractivity contribution in [2.45, 2.75) is 32.1 Å². The maximum atomic E-state index is 12.6. The molecule has 0 spiro atoms. The van der Waals surface area contributed by atoms with Gasteiger partial charge in [0, 0.05) is 5.92 Å². The molecule has 2 heteroatoms. The maximum absolute atomic E-state index is 12.6. The van der Waals surface area contributed by atoms with Crippen molar-refractivity contribution in [2.24, 2.45) is 17.8 Å². The fourth-order valence-electron chi connectivity index (χ4n) is 3.97. The first-order chi connectivity index (χ1) is 8.86. The molecule has 1 aromatic carbocycles. The number of carbonyl (C=O) groups is 1. The number of rotatable bonds is 2. The van der Waals surface area contributed by atoms with Crippen molar-refractivity contribution in [1.82, 2.24) is 0 Å². The van der Waals surface area contributed by atoms with Gasteiger partial charge in [0.25, 0.3) is 0 Å². The lowest BCUT2D eigenvalue weighted by atomic mass is 9.96. The maximum Gasteiger partial charge on any atom is 0.170 e. The number of carbonyl (C=O) groups excluding carboxylic acids is 1. The van der Waals surface area contributed by atoms with Crippen LogP contribution in [0, 0.1) is 17.8 Å². The molecule has 94 valence electrons. The number of aryl methyl sites for hydroxylation is 1. The van der Waals surface area contributed by atoms with E-state index in [9.17, 15) is 4.79 Å². The van der Waals surface area contributed by atoms with E-state index >= 15 is 0 Å². The molecule has 2 unspecified atom stereocenters. The molecule has 2 fully saturated rings. The highest BCUT2D eigenvalue weighted by Crippen LogP contribution is 2.59. The molecule has 1 aromatic rings. The summed E-state index contributed by atoms with van der Waals surface area (Å²) in [4.78, 5) is 12.6. The van der Waals surface area contributed by atoms with Crippen LogP contribution in [0.3, 0.4) is 0 Å². The van der Waals surface area contributed by atoms with Gasteiger partial charge < -0.3 is 4.74 Å². The lowest BCUT2D eigenvalue weighted by Gasteiger charge is -2.20. The van der Waals surface area contributed by atoms with Gasteiger partial charge in [0.05, 0.1) is 12.2 Å². The molecule has 0 radical (unpaired) electrons. The second kappa shape index (κ2) is 3.84. The lowest BCUT2D eigenvalue weighted by molar-refractivity contribution is 0.0946. The Balaban J connectivity index is 1.66. The Morgan fingerprint density at radius 3 is 2.83 bits per heavy atom. The van der Waals surface area contributed by atoms with Gasteiger partial charge in [-0.1, -0.05) is 18.6 Å². The Labute approximate surface area is 107 Å². The number of ketones is 1. The minimum absolute atomic E-state index is 0.316. The van der Waals surface area contributed by atoms with Gasteiger partial charge >= 0.3 is 0 Å². The molecular weight excluding hydrogens is 224 g/mol. The number of Topliss-reactive ketones (excluding diaryl/α,β-unsaturated/α-hetero) is 1. The standard InChI is InChI=1S/C16H18O2/c17-15(14-11-6-2-7-12(11)14)13-8-1-4-10-5-3-9-18-16(10)13/h1,4,8,11-12,14H,2-3,5-7,9H2. The number of para-hydroxylation sites is 1. The monoisotopic (exact) mass is 242 g/mol. The van der Waals surface area contributed by atoms with Crippen LogP contribution in [0.25, 0.3) is 0 Å². The zero-order valence-corrected chi connectivity index (χ0v) is 10.5. The second-order valence-corrected chi connectivity index (χ2v) is 5.89. The predicted molar refractivity (Wildman–Crippen MR) is 68.9 cm³/mol. The van der Waals surface area contributed by atoms with Crippen molar-refractivity contribution in [1.29, 1.82) is 0 Å². The molecule has 4 rings (SSSR count). The number of fused-ring (bicyclic) bond motifs is 2. The van der Waals surface area contributed by atoms with Crippen LogP contribution in [-0.4, -0.2) is 12.4 Å². The predicted octanol–water partition coefficient (Wildman–Crippen LogP) is 3.24. The van der Waals surface area contributed by atoms with Crippen LogP contribution < -0.4 is 4.74 Å². The zero-order chi connectivity index (χ0) is 12.1. The lowest BCUT2D eigenvalue weighted by Crippen LogP contribution is -2.14. The van der Waals surface area contributed by atoms with Gasteiger partial charge in [-0.25, -0.2) is 0 Å². The Morgan fingerprint density at radius 1 is 1.17 bits per heavy atom. The second-order valence-electron chi connectivity index (χ2n) is 5.89. The van der Waals surface area contributed by atoms with E-state index in [2.05, 4.69) is 6.07 Å². The first-order valence-corrected chi connectivity index (χ1v) is 7.15. The summed E-state index contributed by atoms with van der Waals surface area (Å²) < 4.78 is 5.75. The summed E-state index contributed by atoms with van der Waals surface area (Å²) in [5, 5.41) is 0. The van der Waals surface area contributed by atoms with Crippen LogP contribution in [0.2, 0.25) is 0 Å². The minimum atomic E-state index is 0.316. The highest BCUT2D eigenvalue weighted by Gasteiger charge is 2.56. The van der Waals surface area contributed by atoms with E-state index in [1.807, 2.05) is 12.1 Å². The Morgan fingerprint density at radius 2 is 2.00 bits per heavy atom. The van der Waals surface area contributed by atoms with Crippen molar-refractivity contribution in [3.8, 4) is 5.75 Å². The smallest absolute Gasteiger partial charge is 0.170 e. The fraction of sp³-hybridized carbons (Fsp3) is 0.562. The SMILES string of the molecule is O=C(c1cccc2c1OCCC2)C1C2CCCC21. The molecule has 1 heterocycles. The quantitative estimate of drug-likeness (QED) is 0.744. The van der Waals surface area contributed by atoms with Crippen LogP contribution in [-0.2, 0) is 6.42 Å². The van der Waals surface area contributed by atoms with Crippen molar-refractivity contribution >= 4 is 5.78 Å². The Bertz CT molecular complexity index is 496. The molecule has 0 amide bonds. The average molecular weight is 242 g/mol. The first kappa shape index (κ1) is 10.6. The number of hydrogen-bond acceptors (Lipinski definition) is 2. The summed E-state index contributed by atoms with van der Waals surface area (Å²) in [5.41, 5.74) is 2.07. The van der Waals surface area contributed by atoms with Crippen molar-refractivity contribution in [2.75, 3.05) is 6.61 Å². The van der Waals surface area contributed by atoms with E-state index in [4.69, 9.17) is 4.74 Å². The molecule has 3 aliphatic rings. The third kappa shape index (κ3) is 1.44. The van der Waals surface area contributed by atoms with Crippen molar-refractivity contribution in [3.63, 3.8) is 0 Å². The largest absolute Gasteiger partial charge is 0.493 e. The summed E-state index contributed by atoms with van der Waals surface area (Å²) in [6, 6.07) is 6.07. The molecule has 2 saturated carbocycles. The molecule has 1 aliphatic heterocycles. The molecule has 0 bridgehead atoms. The van der Waals surface area contributed by atoms with E-state index in [-0.39, 0.29) is 0 Å². The van der Waals surface area contributed by atoms with Gasteiger partial charge in [0.15, 0.2) is 5.78 Å². The molecule has 0 aromatic heterocycles.